The molecule has 0 saturated carbocycles. The number of hydrogen-bond acceptors (Lipinski definition) is 6. The third-order valence-electron chi connectivity index (χ3n) is 4.87. The Morgan fingerprint density at radius 2 is 1.84 bits per heavy atom. The molecule has 0 atom stereocenters. The summed E-state index contributed by atoms with van der Waals surface area (Å²) >= 11 is 1.32. The number of aromatic nitrogens is 2. The molecule has 164 valence electrons. The van der Waals surface area contributed by atoms with Gasteiger partial charge in [-0.1, -0.05) is 42.5 Å². The van der Waals surface area contributed by atoms with E-state index >= 15 is 0 Å². The van der Waals surface area contributed by atoms with Gasteiger partial charge in [0, 0.05) is 37.5 Å². The molecule has 0 spiro atoms. The Labute approximate surface area is 189 Å². The van der Waals surface area contributed by atoms with Crippen LogP contribution in [-0.2, 0) is 24.3 Å². The molecule has 0 aliphatic rings. The number of carbonyl (C=O) groups is 1. The van der Waals surface area contributed by atoms with E-state index in [2.05, 4.69) is 9.69 Å². The van der Waals surface area contributed by atoms with Gasteiger partial charge in [0.1, 0.15) is 17.4 Å². The lowest BCUT2D eigenvalue weighted by Gasteiger charge is -2.20. The van der Waals surface area contributed by atoms with E-state index in [0.29, 0.717) is 26.1 Å². The van der Waals surface area contributed by atoms with Crippen LogP contribution in [0.25, 0.3) is 0 Å². The first kappa shape index (κ1) is 21.7. The van der Waals surface area contributed by atoms with Gasteiger partial charge in [0.2, 0.25) is 11.0 Å². The molecule has 8 heteroatoms. The van der Waals surface area contributed by atoms with Crippen LogP contribution in [0.4, 0.5) is 9.52 Å². The van der Waals surface area contributed by atoms with Crippen LogP contribution >= 0.6 is 11.5 Å². The Hall–Kier alpha value is -3.52. The molecule has 1 amide bonds. The highest BCUT2D eigenvalue weighted by Crippen LogP contribution is 2.22. The Bertz CT molecular complexity index is 1110. The minimum Gasteiger partial charge on any atom is -0.467 e. The molecule has 4 aromatic rings. The molecule has 4 rings (SSSR count). The summed E-state index contributed by atoms with van der Waals surface area (Å²) in [5.74, 6) is 1.16. The third kappa shape index (κ3) is 6.24. The van der Waals surface area contributed by atoms with E-state index in [-0.39, 0.29) is 18.1 Å². The van der Waals surface area contributed by atoms with E-state index in [0.717, 1.165) is 27.8 Å². The lowest BCUT2D eigenvalue weighted by molar-refractivity contribution is -0.121. The summed E-state index contributed by atoms with van der Waals surface area (Å²) in [5, 5.41) is 3.63. The fraction of sp³-hybridized carbons (Fsp3) is 0.208. The molecule has 2 heterocycles. The second-order valence-corrected chi connectivity index (χ2v) is 8.04. The van der Waals surface area contributed by atoms with Gasteiger partial charge in [0.25, 0.3) is 0 Å². The van der Waals surface area contributed by atoms with Crippen LogP contribution in [0.2, 0.25) is 0 Å². The van der Waals surface area contributed by atoms with Gasteiger partial charge in [0.15, 0.2) is 0 Å². The second kappa shape index (κ2) is 10.7. The number of rotatable bonds is 10. The van der Waals surface area contributed by atoms with Crippen molar-refractivity contribution in [3.8, 4) is 0 Å². The van der Waals surface area contributed by atoms with Gasteiger partial charge in [-0.15, -0.1) is 0 Å². The molecular formula is C24H23FN4O2S. The smallest absolute Gasteiger partial charge is 0.222 e. The van der Waals surface area contributed by atoms with E-state index in [9.17, 15) is 9.18 Å². The molecule has 0 aliphatic heterocycles. The van der Waals surface area contributed by atoms with Gasteiger partial charge in [-0.25, -0.2) is 9.37 Å². The monoisotopic (exact) mass is 450 g/mol. The summed E-state index contributed by atoms with van der Waals surface area (Å²) in [7, 11) is 0. The number of halogens is 1. The normalized spacial score (nSPS) is 10.8. The largest absolute Gasteiger partial charge is 0.467 e. The SMILES string of the molecule is O=C(CCN(Cc1ccco1)c1nc(Cc2ccccc2)ns1)NCc1ccc(F)cc1. The fourth-order valence-electron chi connectivity index (χ4n) is 3.18. The molecule has 1 N–H and O–H groups in total. The number of nitrogens with zero attached hydrogens (tertiary/aromatic N) is 3. The standard InChI is InChI=1S/C24H23FN4O2S/c25-20-10-8-19(9-11-20)16-26-23(30)12-13-29(17-21-7-4-14-31-21)24-27-22(28-32-24)15-18-5-2-1-3-6-18/h1-11,14H,12-13,15-17H2,(H,26,30). The van der Waals surface area contributed by atoms with Crippen molar-refractivity contribution in [3.05, 3.63) is 102 Å². The van der Waals surface area contributed by atoms with Gasteiger partial charge in [-0.3, -0.25) is 4.79 Å². The molecule has 0 bridgehead atoms. The molecule has 32 heavy (non-hydrogen) atoms. The maximum Gasteiger partial charge on any atom is 0.222 e. The first-order chi connectivity index (χ1) is 15.7. The van der Waals surface area contributed by atoms with Crippen LogP contribution in [0.5, 0.6) is 0 Å². The Balaban J connectivity index is 1.37. The van der Waals surface area contributed by atoms with Crippen molar-refractivity contribution in [1.29, 1.82) is 0 Å². The number of nitrogens with one attached hydrogen (secondary N) is 1. The fourth-order valence-corrected chi connectivity index (χ4v) is 3.89. The summed E-state index contributed by atoms with van der Waals surface area (Å²) in [5.41, 5.74) is 2.00. The van der Waals surface area contributed by atoms with Crippen LogP contribution in [0, 0.1) is 5.82 Å². The topological polar surface area (TPSA) is 71.3 Å². The van der Waals surface area contributed by atoms with Crippen molar-refractivity contribution < 1.29 is 13.6 Å². The highest BCUT2D eigenvalue weighted by Gasteiger charge is 2.16. The number of hydrogen-bond donors (Lipinski definition) is 1. The van der Waals surface area contributed by atoms with Crippen molar-refractivity contribution >= 4 is 22.6 Å². The van der Waals surface area contributed by atoms with Crippen molar-refractivity contribution in [2.24, 2.45) is 0 Å². The predicted octanol–water partition coefficient (Wildman–Crippen LogP) is 4.57. The zero-order valence-electron chi connectivity index (χ0n) is 17.4. The van der Waals surface area contributed by atoms with E-state index < -0.39 is 0 Å². The highest BCUT2D eigenvalue weighted by molar-refractivity contribution is 7.09. The lowest BCUT2D eigenvalue weighted by Crippen LogP contribution is -2.30. The molecular weight excluding hydrogens is 427 g/mol. The lowest BCUT2D eigenvalue weighted by atomic mass is 10.1. The highest BCUT2D eigenvalue weighted by atomic mass is 32.1. The van der Waals surface area contributed by atoms with Gasteiger partial charge >= 0.3 is 0 Å². The number of carbonyl (C=O) groups excluding carboxylic acids is 1. The van der Waals surface area contributed by atoms with Crippen LogP contribution < -0.4 is 10.2 Å². The average Bonchev–Trinajstić information content (AvgIpc) is 3.49. The zero-order valence-corrected chi connectivity index (χ0v) is 18.2. The van der Waals surface area contributed by atoms with Crippen LogP contribution in [0.3, 0.4) is 0 Å². The molecule has 0 aliphatic carbocycles. The number of benzene rings is 2. The molecule has 0 fully saturated rings. The van der Waals surface area contributed by atoms with Crippen LogP contribution in [0.15, 0.2) is 77.4 Å². The molecule has 2 aromatic heterocycles. The van der Waals surface area contributed by atoms with Crippen molar-refractivity contribution in [2.45, 2.75) is 25.9 Å². The number of furan rings is 1. The van der Waals surface area contributed by atoms with E-state index in [1.165, 1.54) is 23.7 Å². The summed E-state index contributed by atoms with van der Waals surface area (Å²) < 4.78 is 23.0. The molecule has 6 nitrogen and oxygen atoms in total. The first-order valence-corrected chi connectivity index (χ1v) is 11.1. The van der Waals surface area contributed by atoms with Gasteiger partial charge in [-0.2, -0.15) is 4.37 Å². The zero-order chi connectivity index (χ0) is 22.2. The minimum atomic E-state index is -0.294. The van der Waals surface area contributed by atoms with Crippen molar-refractivity contribution in [1.82, 2.24) is 14.7 Å². The van der Waals surface area contributed by atoms with E-state index in [1.54, 1.807) is 18.4 Å². The second-order valence-electron chi connectivity index (χ2n) is 7.31. The molecule has 2 aromatic carbocycles. The molecule has 0 unspecified atom stereocenters. The average molecular weight is 451 g/mol. The minimum absolute atomic E-state index is 0.0900. The van der Waals surface area contributed by atoms with Crippen molar-refractivity contribution in [2.75, 3.05) is 11.4 Å². The maximum atomic E-state index is 13.0. The third-order valence-corrected chi connectivity index (χ3v) is 5.69. The number of anilines is 1. The number of amides is 1. The first-order valence-electron chi connectivity index (χ1n) is 10.3. The van der Waals surface area contributed by atoms with E-state index in [1.807, 2.05) is 47.4 Å². The van der Waals surface area contributed by atoms with Crippen LogP contribution in [-0.4, -0.2) is 21.8 Å². The summed E-state index contributed by atoms with van der Waals surface area (Å²) in [6.45, 7) is 1.32. The Kier molecular flexibility index (Phi) is 7.24. The molecule has 0 radical (unpaired) electrons. The Morgan fingerprint density at radius 3 is 2.59 bits per heavy atom. The summed E-state index contributed by atoms with van der Waals surface area (Å²) in [6.07, 6.45) is 2.57. The maximum absolute atomic E-state index is 13.0. The summed E-state index contributed by atoms with van der Waals surface area (Å²) in [6, 6.07) is 19.9. The van der Waals surface area contributed by atoms with Gasteiger partial charge in [0.05, 0.1) is 12.8 Å². The quantitative estimate of drug-likeness (QED) is 0.383. The Morgan fingerprint density at radius 1 is 1.03 bits per heavy atom. The van der Waals surface area contributed by atoms with Crippen LogP contribution in [0.1, 0.15) is 29.1 Å². The predicted molar refractivity (Wildman–Crippen MR) is 122 cm³/mol. The van der Waals surface area contributed by atoms with Gasteiger partial charge in [-0.05, 0) is 35.4 Å². The van der Waals surface area contributed by atoms with Gasteiger partial charge < -0.3 is 14.6 Å². The summed E-state index contributed by atoms with van der Waals surface area (Å²) in [4.78, 5) is 19.1. The van der Waals surface area contributed by atoms with E-state index in [4.69, 9.17) is 9.40 Å². The molecule has 0 saturated heterocycles. The van der Waals surface area contributed by atoms with Crippen molar-refractivity contribution in [3.63, 3.8) is 0 Å².